The van der Waals surface area contributed by atoms with Gasteiger partial charge in [0, 0.05) is 30.3 Å². The zero-order valence-corrected chi connectivity index (χ0v) is 9.94. The lowest BCUT2D eigenvalue weighted by molar-refractivity contribution is -0.122. The van der Waals surface area contributed by atoms with Crippen LogP contribution in [0.5, 0.6) is 0 Å². The number of thioether (sulfide) groups is 1. The average Bonchev–Trinajstić information content (AvgIpc) is 2.63. The molecule has 0 spiro atoms. The van der Waals surface area contributed by atoms with E-state index in [1.807, 2.05) is 17.8 Å². The molecule has 0 aromatic carbocycles. The molecule has 0 saturated carbocycles. The molecular weight excluding hydrogens is 232 g/mol. The largest absolute Gasteiger partial charge is 0.450 e. The lowest BCUT2D eigenvalue weighted by Gasteiger charge is -2.19. The van der Waals surface area contributed by atoms with Gasteiger partial charge in [-0.2, -0.15) is 11.8 Å². The van der Waals surface area contributed by atoms with Crippen molar-refractivity contribution in [1.29, 1.82) is 0 Å². The summed E-state index contributed by atoms with van der Waals surface area (Å²) >= 11 is 7.54. The van der Waals surface area contributed by atoms with Gasteiger partial charge in [0.1, 0.15) is 11.5 Å². The van der Waals surface area contributed by atoms with E-state index in [2.05, 4.69) is 0 Å². The molecule has 1 fully saturated rings. The fourth-order valence-corrected chi connectivity index (χ4v) is 3.05. The molecule has 2 nitrogen and oxygen atoms in total. The fraction of sp³-hybridized carbons (Fsp3) is 0.545. The van der Waals surface area contributed by atoms with Crippen molar-refractivity contribution >= 4 is 29.1 Å². The number of rotatable bonds is 3. The van der Waals surface area contributed by atoms with Crippen LogP contribution in [0.25, 0.3) is 0 Å². The number of hydrogen-bond acceptors (Lipinski definition) is 3. The Morgan fingerprint density at radius 1 is 1.53 bits per heavy atom. The van der Waals surface area contributed by atoms with Crippen LogP contribution < -0.4 is 0 Å². The van der Waals surface area contributed by atoms with Crippen molar-refractivity contribution in [3.05, 3.63) is 23.1 Å². The number of hydrogen-bond donors (Lipinski definition) is 0. The SMILES string of the molecule is O=C1CCSCC1CCc1ccc(Cl)o1. The van der Waals surface area contributed by atoms with E-state index in [0.29, 0.717) is 11.0 Å². The Morgan fingerprint density at radius 2 is 2.40 bits per heavy atom. The third kappa shape index (κ3) is 3.02. The van der Waals surface area contributed by atoms with Gasteiger partial charge < -0.3 is 4.42 Å². The Morgan fingerprint density at radius 3 is 3.07 bits per heavy atom. The number of halogens is 1. The third-order valence-corrected chi connectivity index (χ3v) is 3.97. The van der Waals surface area contributed by atoms with E-state index >= 15 is 0 Å². The van der Waals surface area contributed by atoms with Crippen LogP contribution in [-0.4, -0.2) is 17.3 Å². The summed E-state index contributed by atoms with van der Waals surface area (Å²) in [5, 5.41) is 0.425. The van der Waals surface area contributed by atoms with Crippen LogP contribution in [0.4, 0.5) is 0 Å². The van der Waals surface area contributed by atoms with Crippen LogP contribution in [0, 0.1) is 5.92 Å². The molecule has 82 valence electrons. The van der Waals surface area contributed by atoms with Gasteiger partial charge in [-0.05, 0) is 30.2 Å². The zero-order chi connectivity index (χ0) is 10.7. The van der Waals surface area contributed by atoms with Crippen molar-refractivity contribution in [2.75, 3.05) is 11.5 Å². The number of furan rings is 1. The molecule has 15 heavy (non-hydrogen) atoms. The molecule has 0 N–H and O–H groups in total. The lowest BCUT2D eigenvalue weighted by atomic mass is 9.97. The number of carbonyl (C=O) groups excluding carboxylic acids is 1. The van der Waals surface area contributed by atoms with Crippen molar-refractivity contribution in [3.63, 3.8) is 0 Å². The van der Waals surface area contributed by atoms with Crippen LogP contribution >= 0.6 is 23.4 Å². The summed E-state index contributed by atoms with van der Waals surface area (Å²) in [6.45, 7) is 0. The highest BCUT2D eigenvalue weighted by molar-refractivity contribution is 7.99. The Kier molecular flexibility index (Phi) is 3.76. The van der Waals surface area contributed by atoms with Gasteiger partial charge in [0.25, 0.3) is 0 Å². The van der Waals surface area contributed by atoms with Gasteiger partial charge in [0.15, 0.2) is 5.22 Å². The quantitative estimate of drug-likeness (QED) is 0.818. The molecule has 0 aliphatic carbocycles. The topological polar surface area (TPSA) is 30.2 Å². The summed E-state index contributed by atoms with van der Waals surface area (Å²) in [5.74, 6) is 3.46. The molecule has 1 aromatic heterocycles. The lowest BCUT2D eigenvalue weighted by Crippen LogP contribution is -2.22. The van der Waals surface area contributed by atoms with Gasteiger partial charge in [-0.15, -0.1) is 0 Å². The predicted octanol–water partition coefficient (Wildman–Crippen LogP) is 3.19. The molecule has 1 aliphatic heterocycles. The van der Waals surface area contributed by atoms with Crippen LogP contribution in [0.2, 0.25) is 5.22 Å². The van der Waals surface area contributed by atoms with Gasteiger partial charge in [0.2, 0.25) is 0 Å². The number of Topliss-reactive ketones (excluding diaryl/α,β-unsaturated/α-hetero) is 1. The van der Waals surface area contributed by atoms with Gasteiger partial charge in [-0.1, -0.05) is 0 Å². The zero-order valence-electron chi connectivity index (χ0n) is 8.37. The summed E-state index contributed by atoms with van der Waals surface area (Å²) in [6, 6.07) is 3.62. The molecule has 1 unspecified atom stereocenters. The van der Waals surface area contributed by atoms with Crippen molar-refractivity contribution in [3.8, 4) is 0 Å². The molecule has 4 heteroatoms. The first-order valence-electron chi connectivity index (χ1n) is 5.10. The molecule has 1 saturated heterocycles. The fourth-order valence-electron chi connectivity index (χ4n) is 1.74. The van der Waals surface area contributed by atoms with Gasteiger partial charge >= 0.3 is 0 Å². The first kappa shape index (κ1) is 11.1. The Balaban J connectivity index is 1.84. The smallest absolute Gasteiger partial charge is 0.193 e. The van der Waals surface area contributed by atoms with Crippen molar-refractivity contribution < 1.29 is 9.21 Å². The first-order chi connectivity index (χ1) is 7.25. The molecule has 0 radical (unpaired) electrons. The third-order valence-electron chi connectivity index (χ3n) is 2.64. The monoisotopic (exact) mass is 244 g/mol. The molecule has 1 aromatic rings. The van der Waals surface area contributed by atoms with Crippen LogP contribution in [0.15, 0.2) is 16.5 Å². The molecule has 0 amide bonds. The van der Waals surface area contributed by atoms with E-state index in [9.17, 15) is 4.79 Å². The molecular formula is C11H13ClO2S. The summed E-state index contributed by atoms with van der Waals surface area (Å²) in [5.41, 5.74) is 0. The molecule has 1 atom stereocenters. The van der Waals surface area contributed by atoms with Crippen molar-refractivity contribution in [2.24, 2.45) is 5.92 Å². The Labute approximate surface area is 98.4 Å². The Hall–Kier alpha value is -0.410. The van der Waals surface area contributed by atoms with E-state index in [-0.39, 0.29) is 5.92 Å². The maximum absolute atomic E-state index is 11.6. The van der Waals surface area contributed by atoms with E-state index in [0.717, 1.165) is 36.5 Å². The number of carbonyl (C=O) groups is 1. The average molecular weight is 245 g/mol. The van der Waals surface area contributed by atoms with Crippen molar-refractivity contribution in [1.82, 2.24) is 0 Å². The maximum Gasteiger partial charge on any atom is 0.193 e. The first-order valence-corrected chi connectivity index (χ1v) is 6.63. The van der Waals surface area contributed by atoms with Gasteiger partial charge in [0.05, 0.1) is 0 Å². The van der Waals surface area contributed by atoms with Gasteiger partial charge in [-0.3, -0.25) is 4.79 Å². The summed E-state index contributed by atoms with van der Waals surface area (Å²) in [7, 11) is 0. The van der Waals surface area contributed by atoms with Gasteiger partial charge in [-0.25, -0.2) is 0 Å². The highest BCUT2D eigenvalue weighted by Gasteiger charge is 2.22. The summed E-state index contributed by atoms with van der Waals surface area (Å²) < 4.78 is 5.26. The van der Waals surface area contributed by atoms with Crippen molar-refractivity contribution in [2.45, 2.75) is 19.3 Å². The van der Waals surface area contributed by atoms with Crippen LogP contribution in [-0.2, 0) is 11.2 Å². The van der Waals surface area contributed by atoms with Crippen LogP contribution in [0.3, 0.4) is 0 Å². The van der Waals surface area contributed by atoms with E-state index in [1.165, 1.54) is 0 Å². The molecule has 0 bridgehead atoms. The summed E-state index contributed by atoms with van der Waals surface area (Å²) in [4.78, 5) is 11.6. The normalized spacial score (nSPS) is 21.9. The Bertz CT molecular complexity index is 348. The second-order valence-electron chi connectivity index (χ2n) is 3.73. The molecule has 2 heterocycles. The minimum Gasteiger partial charge on any atom is -0.450 e. The van der Waals surface area contributed by atoms with E-state index in [4.69, 9.17) is 16.0 Å². The second-order valence-corrected chi connectivity index (χ2v) is 5.25. The van der Waals surface area contributed by atoms with Crippen LogP contribution in [0.1, 0.15) is 18.6 Å². The second kappa shape index (κ2) is 5.08. The minimum atomic E-state index is 0.215. The van der Waals surface area contributed by atoms with E-state index < -0.39 is 0 Å². The molecule has 1 aliphatic rings. The highest BCUT2D eigenvalue weighted by atomic mass is 35.5. The predicted molar refractivity (Wildman–Crippen MR) is 62.5 cm³/mol. The summed E-state index contributed by atoms with van der Waals surface area (Å²) in [6.07, 6.45) is 2.42. The molecule has 2 rings (SSSR count). The van der Waals surface area contributed by atoms with E-state index in [1.54, 1.807) is 6.07 Å². The highest BCUT2D eigenvalue weighted by Crippen LogP contribution is 2.24. The standard InChI is InChI=1S/C11H13ClO2S/c12-11-4-3-9(14-11)2-1-8-7-15-6-5-10(8)13/h3-4,8H,1-2,5-7H2. The number of ketones is 1. The maximum atomic E-state index is 11.6. The minimum absolute atomic E-state index is 0.215. The number of aryl methyl sites for hydroxylation is 1.